The summed E-state index contributed by atoms with van der Waals surface area (Å²) < 4.78 is 13.2. The van der Waals surface area contributed by atoms with E-state index in [1.54, 1.807) is 12.3 Å². The second-order valence-electron chi connectivity index (χ2n) is 4.63. The summed E-state index contributed by atoms with van der Waals surface area (Å²) in [6, 6.07) is 8.28. The highest BCUT2D eigenvalue weighted by Crippen LogP contribution is 2.21. The third-order valence-corrected chi connectivity index (χ3v) is 3.31. The van der Waals surface area contributed by atoms with Crippen molar-refractivity contribution in [2.45, 2.75) is 13.3 Å². The molecule has 3 aromatic rings. The number of nitrogens with one attached hydrogen (secondary N) is 2. The Bertz CT molecular complexity index is 801. The van der Waals surface area contributed by atoms with Crippen molar-refractivity contribution >= 4 is 10.9 Å². The standard InChI is InChI=1S/C15H13FN2O/c1-9-12(8-10-3-2-4-11(16)7-10)14-13(18-9)5-6-17-15(14)19/h2-7,18H,8H2,1H3,(H,17,19). The van der Waals surface area contributed by atoms with Crippen LogP contribution in [0, 0.1) is 12.7 Å². The lowest BCUT2D eigenvalue weighted by atomic mass is 10.0. The minimum Gasteiger partial charge on any atom is -0.358 e. The molecule has 0 atom stereocenters. The van der Waals surface area contributed by atoms with E-state index in [1.165, 1.54) is 12.1 Å². The van der Waals surface area contributed by atoms with Gasteiger partial charge in [0.05, 0.1) is 10.9 Å². The molecule has 19 heavy (non-hydrogen) atoms. The smallest absolute Gasteiger partial charge is 0.257 e. The van der Waals surface area contributed by atoms with Crippen LogP contribution in [0.5, 0.6) is 0 Å². The van der Waals surface area contributed by atoms with Gasteiger partial charge in [-0.25, -0.2) is 4.39 Å². The molecule has 96 valence electrons. The Labute approximate surface area is 109 Å². The Hall–Kier alpha value is -2.36. The van der Waals surface area contributed by atoms with Crippen LogP contribution in [0.1, 0.15) is 16.8 Å². The second kappa shape index (κ2) is 4.39. The van der Waals surface area contributed by atoms with Gasteiger partial charge in [-0.2, -0.15) is 0 Å². The van der Waals surface area contributed by atoms with E-state index in [1.807, 2.05) is 19.1 Å². The van der Waals surface area contributed by atoms with Crippen LogP contribution in [-0.4, -0.2) is 9.97 Å². The summed E-state index contributed by atoms with van der Waals surface area (Å²) in [6.07, 6.45) is 2.16. The molecule has 0 aliphatic rings. The first-order valence-corrected chi connectivity index (χ1v) is 6.08. The van der Waals surface area contributed by atoms with Gasteiger partial charge in [-0.15, -0.1) is 0 Å². The zero-order chi connectivity index (χ0) is 13.4. The van der Waals surface area contributed by atoms with E-state index in [0.29, 0.717) is 11.8 Å². The SMILES string of the molecule is Cc1[nH]c2cc[nH]c(=O)c2c1Cc1cccc(F)c1. The fourth-order valence-electron chi connectivity index (χ4n) is 2.42. The molecule has 2 aromatic heterocycles. The van der Waals surface area contributed by atoms with Crippen LogP contribution in [0.15, 0.2) is 41.3 Å². The van der Waals surface area contributed by atoms with Crippen LogP contribution in [0.25, 0.3) is 10.9 Å². The zero-order valence-corrected chi connectivity index (χ0v) is 10.5. The fourth-order valence-corrected chi connectivity index (χ4v) is 2.42. The highest BCUT2D eigenvalue weighted by molar-refractivity contribution is 5.83. The van der Waals surface area contributed by atoms with Gasteiger partial charge in [0.2, 0.25) is 0 Å². The number of aromatic amines is 2. The van der Waals surface area contributed by atoms with Crippen LogP contribution in [0.3, 0.4) is 0 Å². The molecule has 0 saturated heterocycles. The quantitative estimate of drug-likeness (QED) is 0.727. The summed E-state index contributed by atoms with van der Waals surface area (Å²) in [4.78, 5) is 17.8. The topological polar surface area (TPSA) is 48.6 Å². The normalized spacial score (nSPS) is 11.1. The number of hydrogen-bond donors (Lipinski definition) is 2. The third-order valence-electron chi connectivity index (χ3n) is 3.31. The molecular weight excluding hydrogens is 243 g/mol. The molecule has 0 radical (unpaired) electrons. The van der Waals surface area contributed by atoms with Gasteiger partial charge in [-0.1, -0.05) is 12.1 Å². The van der Waals surface area contributed by atoms with Crippen molar-refractivity contribution in [2.24, 2.45) is 0 Å². The first-order chi connectivity index (χ1) is 9.15. The molecule has 3 rings (SSSR count). The highest BCUT2D eigenvalue weighted by atomic mass is 19.1. The van der Waals surface area contributed by atoms with E-state index < -0.39 is 0 Å². The molecule has 3 nitrogen and oxygen atoms in total. The van der Waals surface area contributed by atoms with Crippen molar-refractivity contribution in [2.75, 3.05) is 0 Å². The maximum absolute atomic E-state index is 13.2. The Morgan fingerprint density at radius 3 is 2.89 bits per heavy atom. The van der Waals surface area contributed by atoms with Crippen LogP contribution in [-0.2, 0) is 6.42 Å². The van der Waals surface area contributed by atoms with Crippen molar-refractivity contribution in [1.82, 2.24) is 9.97 Å². The molecule has 0 spiro atoms. The monoisotopic (exact) mass is 256 g/mol. The molecule has 0 unspecified atom stereocenters. The van der Waals surface area contributed by atoms with Crippen LogP contribution < -0.4 is 5.56 Å². The maximum atomic E-state index is 13.2. The van der Waals surface area contributed by atoms with Gasteiger partial charge < -0.3 is 9.97 Å². The van der Waals surface area contributed by atoms with Gasteiger partial charge in [0.15, 0.2) is 0 Å². The van der Waals surface area contributed by atoms with E-state index >= 15 is 0 Å². The van der Waals surface area contributed by atoms with E-state index in [9.17, 15) is 9.18 Å². The lowest BCUT2D eigenvalue weighted by Crippen LogP contribution is -2.05. The van der Waals surface area contributed by atoms with Gasteiger partial charge in [-0.3, -0.25) is 4.79 Å². The summed E-state index contributed by atoms with van der Waals surface area (Å²) >= 11 is 0. The largest absolute Gasteiger partial charge is 0.358 e. The van der Waals surface area contributed by atoms with Crippen molar-refractivity contribution in [3.8, 4) is 0 Å². The molecule has 0 saturated carbocycles. The number of pyridine rings is 1. The summed E-state index contributed by atoms with van der Waals surface area (Å²) in [5, 5.41) is 0.657. The number of halogens is 1. The van der Waals surface area contributed by atoms with E-state index in [4.69, 9.17) is 0 Å². The van der Waals surface area contributed by atoms with Gasteiger partial charge in [0, 0.05) is 18.3 Å². The van der Waals surface area contributed by atoms with E-state index in [2.05, 4.69) is 9.97 Å². The molecule has 2 N–H and O–H groups in total. The van der Waals surface area contributed by atoms with Crippen LogP contribution in [0.4, 0.5) is 4.39 Å². The maximum Gasteiger partial charge on any atom is 0.257 e. The molecule has 0 bridgehead atoms. The molecule has 2 heterocycles. The third kappa shape index (κ3) is 2.05. The molecule has 0 aliphatic heterocycles. The number of rotatable bonds is 2. The minimum absolute atomic E-state index is 0.117. The van der Waals surface area contributed by atoms with E-state index in [0.717, 1.165) is 22.3 Å². The second-order valence-corrected chi connectivity index (χ2v) is 4.63. The fraction of sp³-hybridized carbons (Fsp3) is 0.133. The predicted molar refractivity (Wildman–Crippen MR) is 72.9 cm³/mol. The number of aryl methyl sites for hydroxylation is 1. The molecule has 0 amide bonds. The predicted octanol–water partition coefficient (Wildman–Crippen LogP) is 2.89. The van der Waals surface area contributed by atoms with Gasteiger partial charge in [-0.05, 0) is 36.2 Å². The number of aromatic nitrogens is 2. The average molecular weight is 256 g/mol. The lowest BCUT2D eigenvalue weighted by Gasteiger charge is -2.02. The first kappa shape index (κ1) is 11.7. The molecule has 0 aliphatic carbocycles. The molecule has 1 aromatic carbocycles. The Morgan fingerprint density at radius 2 is 2.11 bits per heavy atom. The molecule has 4 heteroatoms. The minimum atomic E-state index is -0.260. The lowest BCUT2D eigenvalue weighted by molar-refractivity contribution is 0.626. The van der Waals surface area contributed by atoms with Crippen molar-refractivity contribution < 1.29 is 4.39 Å². The van der Waals surface area contributed by atoms with Gasteiger partial charge >= 0.3 is 0 Å². The first-order valence-electron chi connectivity index (χ1n) is 6.08. The Kier molecular flexibility index (Phi) is 2.71. The number of fused-ring (bicyclic) bond motifs is 1. The summed E-state index contributed by atoms with van der Waals surface area (Å²) in [5.41, 5.74) is 3.41. The summed E-state index contributed by atoms with van der Waals surface area (Å²) in [6.45, 7) is 1.92. The van der Waals surface area contributed by atoms with Crippen LogP contribution >= 0.6 is 0 Å². The van der Waals surface area contributed by atoms with Gasteiger partial charge in [0.25, 0.3) is 5.56 Å². The van der Waals surface area contributed by atoms with Crippen molar-refractivity contribution in [3.05, 3.63) is 69.5 Å². The van der Waals surface area contributed by atoms with Gasteiger partial charge in [0.1, 0.15) is 5.82 Å². The molecule has 0 fully saturated rings. The number of hydrogen-bond acceptors (Lipinski definition) is 1. The average Bonchev–Trinajstić information content (AvgIpc) is 2.67. The van der Waals surface area contributed by atoms with Crippen LogP contribution in [0.2, 0.25) is 0 Å². The van der Waals surface area contributed by atoms with E-state index in [-0.39, 0.29) is 11.4 Å². The number of H-pyrrole nitrogens is 2. The van der Waals surface area contributed by atoms with Crippen molar-refractivity contribution in [3.63, 3.8) is 0 Å². The Morgan fingerprint density at radius 1 is 1.26 bits per heavy atom. The van der Waals surface area contributed by atoms with Crippen molar-refractivity contribution in [1.29, 1.82) is 0 Å². The Balaban J connectivity index is 2.15. The zero-order valence-electron chi connectivity index (χ0n) is 10.5. The summed E-state index contributed by atoms with van der Waals surface area (Å²) in [7, 11) is 0. The summed E-state index contributed by atoms with van der Waals surface area (Å²) in [5.74, 6) is -0.260. The highest BCUT2D eigenvalue weighted by Gasteiger charge is 2.12. The molecular formula is C15H13FN2O. The number of benzene rings is 1.